The third-order valence-electron chi connectivity index (χ3n) is 33.5. The molecule has 20 rings (SSSR count). The van der Waals surface area contributed by atoms with Crippen LogP contribution in [0.25, 0.3) is 0 Å². The topological polar surface area (TPSA) is 0 Å². The van der Waals surface area contributed by atoms with Gasteiger partial charge in [0.05, 0.1) is 0 Å². The van der Waals surface area contributed by atoms with Crippen LogP contribution >= 0.6 is 68.1 Å². The first-order valence-corrected chi connectivity index (χ1v) is 72.7. The molecule has 0 amide bonds. The Kier molecular flexibility index (Phi) is 58.0. The first kappa shape index (κ1) is 120. The summed E-state index contributed by atoms with van der Waals surface area (Å²) in [4.78, 5) is 0. The predicted molar refractivity (Wildman–Crippen MR) is 567 cm³/mol. The Labute approximate surface area is 872 Å². The minimum atomic E-state index is -0.826. The van der Waals surface area contributed by atoms with E-state index in [0.717, 1.165) is 201 Å². The summed E-state index contributed by atoms with van der Waals surface area (Å²) in [6.45, 7) is 12.7. The van der Waals surface area contributed by atoms with Gasteiger partial charge in [0.2, 0.25) is 0 Å². The molecule has 8 fully saturated rings. The Morgan fingerprint density at radius 2 is 0.362 bits per heavy atom. The third kappa shape index (κ3) is 29.6. The fourth-order valence-electron chi connectivity index (χ4n) is 28.8. The van der Waals surface area contributed by atoms with Crippen molar-refractivity contribution < 1.29 is 83.4 Å². The van der Waals surface area contributed by atoms with E-state index in [1.165, 1.54) is 128 Å². The minimum absolute atomic E-state index is 0. The Bertz CT molecular complexity index is 3960. The Morgan fingerprint density at radius 1 is 0.200 bits per heavy atom. The van der Waals surface area contributed by atoms with Gasteiger partial charge in [-0.3, -0.25) is 0 Å². The average Bonchev–Trinajstić information content (AvgIpc) is 1.62. The van der Waals surface area contributed by atoms with Crippen LogP contribution in [0.1, 0.15) is 142 Å². The van der Waals surface area contributed by atoms with Gasteiger partial charge in [0.25, 0.3) is 0 Å². The zero-order valence-electron chi connectivity index (χ0n) is 80.2. The molecule has 12 heteroatoms. The third-order valence-corrected chi connectivity index (χ3v) is 33.5. The molecule has 20 aliphatic carbocycles. The van der Waals surface area contributed by atoms with Gasteiger partial charge in [0.15, 0.2) is 0 Å². The summed E-state index contributed by atoms with van der Waals surface area (Å²) in [6, 6.07) is 0. The van der Waals surface area contributed by atoms with Crippen LogP contribution in [0.15, 0.2) is 317 Å². The summed E-state index contributed by atoms with van der Waals surface area (Å²) in [5.74, 6) is 28.4. The Balaban J connectivity index is 0.000000289. The van der Waals surface area contributed by atoms with Gasteiger partial charge in [0.1, 0.15) is 0 Å². The molecule has 0 aromatic carbocycles. The van der Waals surface area contributed by atoms with Gasteiger partial charge in [-0.1, -0.05) is 343 Å². The van der Waals surface area contributed by atoms with E-state index < -0.39 is 83.4 Å². The van der Waals surface area contributed by atoms with Gasteiger partial charge in [-0.15, -0.1) is 13.2 Å². The van der Waals surface area contributed by atoms with Gasteiger partial charge >= 0.3 is 151 Å². The van der Waals surface area contributed by atoms with Crippen LogP contribution in [0.5, 0.6) is 0 Å². The van der Waals surface area contributed by atoms with E-state index in [0.29, 0.717) is 11.8 Å². The second-order valence-electron chi connectivity index (χ2n) is 38.7. The van der Waals surface area contributed by atoms with E-state index in [-0.39, 0.29) is 59.4 Å². The van der Waals surface area contributed by atoms with Crippen LogP contribution in [0, 0.1) is 272 Å². The SMILES string of the molecule is C=CCC1CC(CCC2C3C=CC=CC3C3C=CC=CC32)C2C=CC=CC12.C=CCCC1CC(CCC2C3C=CC=CC3C3C=CC=CC32)C2C=CC=CC12.CCCC1CC(CCC2C3C=CC=CC3C3C=CC=CC32)C2C=CC=CC12.CCCCC1CC(CCC2C3C=CC=CC3C3C=CC=CC32)C2C=CC=CC12.[CH3-].[CH3-].[CH3-].[CH3-].[CH3-].[CH3-].[CH3-].[CH3-].[Cl][Zr+2][Cl].[Cl][Zr+2][Cl].[Cl][Zr+2][Cl].[Cl][Zr+2][Cl]. The van der Waals surface area contributed by atoms with E-state index in [4.69, 9.17) is 68.1 Å². The second kappa shape index (κ2) is 63.1. The van der Waals surface area contributed by atoms with Crippen molar-refractivity contribution in [2.75, 3.05) is 0 Å². The van der Waals surface area contributed by atoms with Crippen LogP contribution < -0.4 is 0 Å². The molecule has 0 spiro atoms. The Hall–Kier alpha value is -0.908. The van der Waals surface area contributed by atoms with E-state index >= 15 is 0 Å². The molecule has 0 aromatic heterocycles. The van der Waals surface area contributed by atoms with Gasteiger partial charge in [-0.05, 0) is 316 Å². The van der Waals surface area contributed by atoms with Gasteiger partial charge in [-0.2, -0.15) is 0 Å². The van der Waals surface area contributed by atoms with Gasteiger partial charge in [-0.25, -0.2) is 0 Å². The normalized spacial score (nSPS) is 38.5. The summed E-state index contributed by atoms with van der Waals surface area (Å²) < 4.78 is 0. The predicted octanol–water partition coefficient (Wildman–Crippen LogP) is 37.1. The standard InChI is InChI=1S/C28H36.C28H34.C27H34.C27H32.8CH3.8ClH.4Zr/c2*1-2-3-10-20-19-21(23-12-5-4-11-22(20)23)17-18-28-26-15-8-6-13-24(26)25-14-7-9-16-27(25)28;2*1-2-9-19-18-20(22-11-4-3-10-21(19)22)16-17-27-25-14-7-5-12-23(25)24-13-6-8-15-26(24)27;;;;;;;;;;;;;;;;;;;;/h4-9,11-16,20-28H,2-3,10,17-19H2,1H3;2,4-9,11-16,20-28H,1,3,10,17-19H2;3-8,10-15,19-27H,2,9,16-18H2,1H3;2-8,10-15,19-27H,1,9,16-18H2;8*1H3;8*1H;;;;/q;;;;8*-1;;;;;;;;;4*+4/p-8. The maximum absolute atomic E-state index is 4.93. The molecule has 0 aliphatic heterocycles. The first-order chi connectivity index (χ1) is 60.1. The number of unbranched alkanes of at least 4 members (excludes halogenated alkanes) is 1. The molecule has 0 nitrogen and oxygen atoms in total. The number of rotatable bonds is 22. The molecule has 32 atom stereocenters. The van der Waals surface area contributed by atoms with E-state index in [1.54, 1.807) is 0 Å². The zero-order chi connectivity index (χ0) is 85.1. The zero-order valence-corrected chi connectivity index (χ0v) is 96.1. The summed E-state index contributed by atoms with van der Waals surface area (Å²) in [6.07, 6.45) is 147. The Morgan fingerprint density at radius 3 is 0.546 bits per heavy atom. The molecule has 0 radical (unpaired) electrons. The van der Waals surface area contributed by atoms with Crippen molar-refractivity contribution in [3.8, 4) is 0 Å². The molecule has 8 saturated carbocycles. The van der Waals surface area contributed by atoms with Crippen LogP contribution in [-0.4, -0.2) is 0 Å². The van der Waals surface area contributed by atoms with Crippen LogP contribution in [0.2, 0.25) is 0 Å². The number of allylic oxidation sites excluding steroid dienone is 50. The molecular formula is C118H160Cl8Zr4. The van der Waals surface area contributed by atoms with Crippen LogP contribution in [0.4, 0.5) is 0 Å². The number of hydrogen-bond donors (Lipinski definition) is 0. The fourth-order valence-corrected chi connectivity index (χ4v) is 28.8. The number of fused-ring (bicyclic) bond motifs is 16. The fraction of sp³-hybridized carbons (Fsp3) is 0.492. The number of halogens is 8. The molecule has 0 heterocycles. The summed E-state index contributed by atoms with van der Waals surface area (Å²) >= 11 is -3.30. The van der Waals surface area contributed by atoms with Crippen molar-refractivity contribution in [2.24, 2.45) is 213 Å². The monoisotopic (exact) mass is 2220 g/mol. The molecule has 0 aromatic rings. The van der Waals surface area contributed by atoms with Crippen molar-refractivity contribution in [2.45, 2.75) is 142 Å². The van der Waals surface area contributed by atoms with Crippen molar-refractivity contribution in [3.63, 3.8) is 0 Å². The molecule has 130 heavy (non-hydrogen) atoms. The van der Waals surface area contributed by atoms with Crippen molar-refractivity contribution in [1.29, 1.82) is 0 Å². The summed E-state index contributed by atoms with van der Waals surface area (Å²) in [7, 11) is 39.5. The van der Waals surface area contributed by atoms with Crippen molar-refractivity contribution in [1.82, 2.24) is 0 Å². The average molecular weight is 2230 g/mol. The van der Waals surface area contributed by atoms with Gasteiger partial charge < -0.3 is 59.4 Å². The van der Waals surface area contributed by atoms with Crippen molar-refractivity contribution >= 4 is 68.1 Å². The molecular weight excluding hydrogens is 2070 g/mol. The first-order valence-electron chi connectivity index (χ1n) is 47.4. The van der Waals surface area contributed by atoms with E-state index in [2.05, 4.69) is 331 Å². The second-order valence-corrected chi connectivity index (χ2v) is 53.6. The molecule has 0 bridgehead atoms. The molecule has 0 N–H and O–H groups in total. The maximum atomic E-state index is 4.93. The molecule has 0 saturated heterocycles. The summed E-state index contributed by atoms with van der Waals surface area (Å²) in [5, 5.41) is 0. The van der Waals surface area contributed by atoms with Crippen LogP contribution in [0.3, 0.4) is 0 Å². The quantitative estimate of drug-likeness (QED) is 0.0749. The summed E-state index contributed by atoms with van der Waals surface area (Å²) in [5.41, 5.74) is 0. The van der Waals surface area contributed by atoms with Gasteiger partial charge in [0, 0.05) is 0 Å². The van der Waals surface area contributed by atoms with E-state index in [1.807, 2.05) is 0 Å². The van der Waals surface area contributed by atoms with Crippen molar-refractivity contribution in [3.05, 3.63) is 376 Å². The molecule has 704 valence electrons. The molecule has 20 aliphatic rings. The van der Waals surface area contributed by atoms with Crippen LogP contribution in [-0.2, 0) is 83.4 Å². The molecule has 32 unspecified atom stereocenters. The number of hydrogen-bond acceptors (Lipinski definition) is 0. The van der Waals surface area contributed by atoms with E-state index in [9.17, 15) is 0 Å².